The second-order valence-corrected chi connectivity index (χ2v) is 4.50. The Kier molecular flexibility index (Phi) is 3.95. The second-order valence-electron chi connectivity index (χ2n) is 4.50. The van der Waals surface area contributed by atoms with Crippen molar-refractivity contribution < 1.29 is 13.9 Å². The third kappa shape index (κ3) is 3.19. The lowest BCUT2D eigenvalue weighted by Crippen LogP contribution is -2.07. The van der Waals surface area contributed by atoms with Crippen molar-refractivity contribution in [1.82, 2.24) is 0 Å². The van der Waals surface area contributed by atoms with Crippen LogP contribution in [-0.2, 0) is 0 Å². The van der Waals surface area contributed by atoms with E-state index >= 15 is 0 Å². The standard InChI is InChI=1S/C16H15FO2/c1-11(2)19-13-9-7-12(8-10-13)16(18)14-5-3-4-6-15(14)17/h3-11H,1-2H3. The van der Waals surface area contributed by atoms with Crippen molar-refractivity contribution in [2.24, 2.45) is 0 Å². The molecule has 0 aromatic heterocycles. The lowest BCUT2D eigenvalue weighted by Gasteiger charge is -2.10. The number of benzene rings is 2. The first kappa shape index (κ1) is 13.3. The van der Waals surface area contributed by atoms with Crippen LogP contribution in [0.3, 0.4) is 0 Å². The van der Waals surface area contributed by atoms with Crippen molar-refractivity contribution in [3.05, 3.63) is 65.5 Å². The van der Waals surface area contributed by atoms with E-state index in [9.17, 15) is 9.18 Å². The normalized spacial score (nSPS) is 10.5. The minimum Gasteiger partial charge on any atom is -0.491 e. The van der Waals surface area contributed by atoms with E-state index in [4.69, 9.17) is 4.74 Å². The Hall–Kier alpha value is -2.16. The van der Waals surface area contributed by atoms with Crippen LogP contribution in [0.15, 0.2) is 48.5 Å². The van der Waals surface area contributed by atoms with Crippen LogP contribution in [0.4, 0.5) is 4.39 Å². The highest BCUT2D eigenvalue weighted by atomic mass is 19.1. The molecule has 2 aromatic carbocycles. The van der Waals surface area contributed by atoms with Gasteiger partial charge in [-0.05, 0) is 50.2 Å². The summed E-state index contributed by atoms with van der Waals surface area (Å²) in [6.07, 6.45) is 0.0770. The second kappa shape index (κ2) is 5.65. The maximum Gasteiger partial charge on any atom is 0.195 e. The number of carbonyl (C=O) groups excluding carboxylic acids is 1. The van der Waals surface area contributed by atoms with Crippen molar-refractivity contribution in [3.63, 3.8) is 0 Å². The van der Waals surface area contributed by atoms with E-state index in [0.717, 1.165) is 0 Å². The molecule has 0 aliphatic heterocycles. The van der Waals surface area contributed by atoms with E-state index in [0.29, 0.717) is 11.3 Å². The Bertz CT molecular complexity index is 574. The van der Waals surface area contributed by atoms with Gasteiger partial charge in [0.25, 0.3) is 0 Å². The van der Waals surface area contributed by atoms with Crippen LogP contribution < -0.4 is 4.74 Å². The minimum absolute atomic E-state index is 0.0770. The molecule has 0 aliphatic rings. The van der Waals surface area contributed by atoms with Crippen LogP contribution in [0.2, 0.25) is 0 Å². The first-order valence-corrected chi connectivity index (χ1v) is 6.14. The molecule has 0 amide bonds. The first-order chi connectivity index (χ1) is 9.08. The number of halogens is 1. The van der Waals surface area contributed by atoms with Crippen molar-refractivity contribution in [2.45, 2.75) is 20.0 Å². The quantitative estimate of drug-likeness (QED) is 0.779. The lowest BCUT2D eigenvalue weighted by atomic mass is 10.0. The molecule has 0 N–H and O–H groups in total. The fourth-order valence-electron chi connectivity index (χ4n) is 1.76. The molecule has 0 aliphatic carbocycles. The van der Waals surface area contributed by atoms with Gasteiger partial charge in [-0.2, -0.15) is 0 Å². The molecule has 2 aromatic rings. The molecule has 0 bridgehead atoms. The van der Waals surface area contributed by atoms with Crippen molar-refractivity contribution >= 4 is 5.78 Å². The zero-order valence-electron chi connectivity index (χ0n) is 10.9. The summed E-state index contributed by atoms with van der Waals surface area (Å²) < 4.78 is 19.0. The minimum atomic E-state index is -0.505. The molecular weight excluding hydrogens is 243 g/mol. The van der Waals surface area contributed by atoms with E-state index in [1.54, 1.807) is 36.4 Å². The number of hydrogen-bond donors (Lipinski definition) is 0. The third-order valence-corrected chi connectivity index (χ3v) is 2.61. The highest BCUT2D eigenvalue weighted by Crippen LogP contribution is 2.17. The van der Waals surface area contributed by atoms with Crippen molar-refractivity contribution in [1.29, 1.82) is 0 Å². The highest BCUT2D eigenvalue weighted by molar-refractivity contribution is 6.09. The predicted octanol–water partition coefficient (Wildman–Crippen LogP) is 3.84. The SMILES string of the molecule is CC(C)Oc1ccc(C(=O)c2ccccc2F)cc1. The molecular formula is C16H15FO2. The van der Waals surface area contributed by atoms with Crippen LogP contribution in [0.25, 0.3) is 0 Å². The summed E-state index contributed by atoms with van der Waals surface area (Å²) in [5.41, 5.74) is 0.529. The maximum atomic E-state index is 13.5. The molecule has 0 saturated heterocycles. The van der Waals surface area contributed by atoms with Crippen LogP contribution in [0, 0.1) is 5.82 Å². The van der Waals surface area contributed by atoms with Gasteiger partial charge < -0.3 is 4.74 Å². The number of ketones is 1. The molecule has 2 rings (SSSR count). The topological polar surface area (TPSA) is 26.3 Å². The Balaban J connectivity index is 2.23. The van der Waals surface area contributed by atoms with Crippen molar-refractivity contribution in [3.8, 4) is 5.75 Å². The van der Waals surface area contributed by atoms with Gasteiger partial charge in [-0.25, -0.2) is 4.39 Å². The average Bonchev–Trinajstić information content (AvgIpc) is 2.39. The van der Waals surface area contributed by atoms with Crippen LogP contribution in [0.1, 0.15) is 29.8 Å². The third-order valence-electron chi connectivity index (χ3n) is 2.61. The highest BCUT2D eigenvalue weighted by Gasteiger charge is 2.13. The number of rotatable bonds is 4. The van der Waals surface area contributed by atoms with Gasteiger partial charge in [-0.3, -0.25) is 4.79 Å². The average molecular weight is 258 g/mol. The van der Waals surface area contributed by atoms with E-state index in [1.807, 2.05) is 13.8 Å². The smallest absolute Gasteiger partial charge is 0.195 e. The van der Waals surface area contributed by atoms with Gasteiger partial charge in [-0.1, -0.05) is 12.1 Å². The van der Waals surface area contributed by atoms with Crippen molar-refractivity contribution in [2.75, 3.05) is 0 Å². The summed E-state index contributed by atoms with van der Waals surface area (Å²) in [4.78, 5) is 12.1. The molecule has 0 saturated carbocycles. The Morgan fingerprint density at radius 3 is 2.26 bits per heavy atom. The molecule has 19 heavy (non-hydrogen) atoms. The largest absolute Gasteiger partial charge is 0.491 e. The summed E-state index contributed by atoms with van der Waals surface area (Å²) in [5.74, 6) is -0.135. The predicted molar refractivity (Wildman–Crippen MR) is 72.0 cm³/mol. The Morgan fingerprint density at radius 1 is 1.05 bits per heavy atom. The monoisotopic (exact) mass is 258 g/mol. The molecule has 3 heteroatoms. The van der Waals surface area contributed by atoms with Crippen LogP contribution in [0.5, 0.6) is 5.75 Å². The maximum absolute atomic E-state index is 13.5. The molecule has 0 atom stereocenters. The number of ether oxygens (including phenoxy) is 1. The Labute approximate surface area is 111 Å². The zero-order valence-corrected chi connectivity index (χ0v) is 10.9. The van der Waals surface area contributed by atoms with Gasteiger partial charge in [0.05, 0.1) is 11.7 Å². The summed E-state index contributed by atoms with van der Waals surface area (Å²) in [6.45, 7) is 3.86. The summed E-state index contributed by atoms with van der Waals surface area (Å²) in [5, 5.41) is 0. The van der Waals surface area contributed by atoms with E-state index in [-0.39, 0.29) is 17.5 Å². The molecule has 98 valence electrons. The van der Waals surface area contributed by atoms with Gasteiger partial charge in [0.15, 0.2) is 5.78 Å². The van der Waals surface area contributed by atoms with Crippen LogP contribution in [-0.4, -0.2) is 11.9 Å². The van der Waals surface area contributed by atoms with Gasteiger partial charge in [0, 0.05) is 5.56 Å². The number of carbonyl (C=O) groups is 1. The van der Waals surface area contributed by atoms with Crippen LogP contribution >= 0.6 is 0 Å². The zero-order chi connectivity index (χ0) is 13.8. The molecule has 0 heterocycles. The van der Waals surface area contributed by atoms with Gasteiger partial charge in [0.2, 0.25) is 0 Å². The summed E-state index contributed by atoms with van der Waals surface area (Å²) in [7, 11) is 0. The fraction of sp³-hybridized carbons (Fsp3) is 0.188. The van der Waals surface area contributed by atoms with E-state index < -0.39 is 5.82 Å². The molecule has 0 fully saturated rings. The van der Waals surface area contributed by atoms with Gasteiger partial charge in [0.1, 0.15) is 11.6 Å². The lowest BCUT2D eigenvalue weighted by molar-refractivity contribution is 0.103. The van der Waals surface area contributed by atoms with Gasteiger partial charge in [-0.15, -0.1) is 0 Å². The Morgan fingerprint density at radius 2 is 1.68 bits per heavy atom. The summed E-state index contributed by atoms with van der Waals surface area (Å²) in [6, 6.07) is 12.7. The van der Waals surface area contributed by atoms with Gasteiger partial charge >= 0.3 is 0 Å². The van der Waals surface area contributed by atoms with E-state index in [1.165, 1.54) is 12.1 Å². The fourth-order valence-corrected chi connectivity index (χ4v) is 1.76. The molecule has 2 nitrogen and oxygen atoms in total. The molecule has 0 unspecified atom stereocenters. The van der Waals surface area contributed by atoms with E-state index in [2.05, 4.69) is 0 Å². The molecule has 0 spiro atoms. The summed E-state index contributed by atoms with van der Waals surface area (Å²) >= 11 is 0. The number of hydrogen-bond acceptors (Lipinski definition) is 2. The first-order valence-electron chi connectivity index (χ1n) is 6.14. The molecule has 0 radical (unpaired) electrons.